The van der Waals surface area contributed by atoms with E-state index in [4.69, 9.17) is 0 Å². The maximum absolute atomic E-state index is 13.0. The zero-order chi connectivity index (χ0) is 17.3. The van der Waals surface area contributed by atoms with Gasteiger partial charge in [0.15, 0.2) is 11.6 Å². The molecule has 10 heteroatoms. The van der Waals surface area contributed by atoms with Crippen LogP contribution in [0.2, 0.25) is 0 Å². The number of alkyl halides is 3. The molecule has 0 aliphatic heterocycles. The lowest BCUT2D eigenvalue weighted by Gasteiger charge is -2.11. The summed E-state index contributed by atoms with van der Waals surface area (Å²) in [4.78, 5) is -0.649. The van der Waals surface area contributed by atoms with Crippen LogP contribution in [-0.4, -0.2) is 14.8 Å². The Labute approximate surface area is 127 Å². The molecule has 0 saturated carbocycles. The monoisotopic (exact) mass is 354 g/mol. The average Bonchev–Trinajstić information content (AvgIpc) is 2.41. The van der Waals surface area contributed by atoms with Crippen LogP contribution in [0.4, 0.5) is 22.0 Å². The van der Waals surface area contributed by atoms with Gasteiger partial charge in [-0.2, -0.15) is 8.42 Å². The maximum Gasteiger partial charge on any atom is 0.573 e. The summed E-state index contributed by atoms with van der Waals surface area (Å²) in [5.74, 6) is -3.86. The minimum Gasteiger partial charge on any atom is -0.406 e. The molecule has 0 unspecified atom stereocenters. The van der Waals surface area contributed by atoms with E-state index in [1.165, 1.54) is 0 Å². The summed E-state index contributed by atoms with van der Waals surface area (Å²) in [6.07, 6.45) is -5.00. The van der Waals surface area contributed by atoms with Crippen molar-refractivity contribution in [3.63, 3.8) is 0 Å². The molecule has 2 aromatic carbocycles. The van der Waals surface area contributed by atoms with Gasteiger partial charge in [0.1, 0.15) is 16.4 Å². The van der Waals surface area contributed by atoms with E-state index in [2.05, 4.69) is 8.92 Å². The second kappa shape index (κ2) is 6.03. The Kier molecular flexibility index (Phi) is 4.46. The van der Waals surface area contributed by atoms with Gasteiger partial charge >= 0.3 is 16.5 Å². The Morgan fingerprint density at radius 2 is 1.57 bits per heavy atom. The normalized spacial score (nSPS) is 12.0. The third-order valence-corrected chi connectivity index (χ3v) is 3.67. The Morgan fingerprint density at radius 1 is 0.870 bits per heavy atom. The first-order chi connectivity index (χ1) is 10.6. The Balaban J connectivity index is 2.29. The Hall–Kier alpha value is -2.36. The highest BCUT2D eigenvalue weighted by molar-refractivity contribution is 7.87. The van der Waals surface area contributed by atoms with Crippen LogP contribution < -0.4 is 8.92 Å². The van der Waals surface area contributed by atoms with Crippen molar-refractivity contribution in [2.24, 2.45) is 0 Å². The summed E-state index contributed by atoms with van der Waals surface area (Å²) < 4.78 is 94.1. The molecule has 0 atom stereocenters. The smallest absolute Gasteiger partial charge is 0.406 e. The molecule has 0 aliphatic carbocycles. The molecule has 0 bridgehead atoms. The van der Waals surface area contributed by atoms with Crippen molar-refractivity contribution < 1.29 is 39.3 Å². The highest BCUT2D eigenvalue weighted by atomic mass is 32.2. The van der Waals surface area contributed by atoms with E-state index in [1.807, 2.05) is 0 Å². The van der Waals surface area contributed by atoms with Crippen LogP contribution in [0.15, 0.2) is 47.4 Å². The largest absolute Gasteiger partial charge is 0.573 e. The van der Waals surface area contributed by atoms with E-state index in [-0.39, 0.29) is 0 Å². The van der Waals surface area contributed by atoms with Gasteiger partial charge in [0.2, 0.25) is 0 Å². The number of hydrogen-bond donors (Lipinski definition) is 0. The number of ether oxygens (including phenoxy) is 1. The molecule has 2 rings (SSSR count). The molecule has 0 aliphatic rings. The predicted molar refractivity (Wildman–Crippen MR) is 67.3 cm³/mol. The lowest BCUT2D eigenvalue weighted by molar-refractivity contribution is -0.274. The fourth-order valence-corrected chi connectivity index (χ4v) is 2.49. The first-order valence-electron chi connectivity index (χ1n) is 5.82. The van der Waals surface area contributed by atoms with Crippen LogP contribution in [0.3, 0.4) is 0 Å². The van der Waals surface area contributed by atoms with Crippen molar-refractivity contribution >= 4 is 10.1 Å². The van der Waals surface area contributed by atoms with Crippen LogP contribution in [0.25, 0.3) is 0 Å². The molecular formula is C13H7F5O4S. The molecule has 0 saturated heterocycles. The molecule has 0 aromatic heterocycles. The predicted octanol–water partition coefficient (Wildman–Crippen LogP) is 3.63. The van der Waals surface area contributed by atoms with Gasteiger partial charge < -0.3 is 8.92 Å². The molecule has 4 nitrogen and oxygen atoms in total. The van der Waals surface area contributed by atoms with Gasteiger partial charge in [-0.05, 0) is 24.3 Å². The first kappa shape index (κ1) is 17.0. The maximum atomic E-state index is 13.0. The van der Waals surface area contributed by atoms with Crippen molar-refractivity contribution in [3.8, 4) is 11.5 Å². The fraction of sp³-hybridized carbons (Fsp3) is 0.0769. The van der Waals surface area contributed by atoms with E-state index in [0.29, 0.717) is 18.2 Å². The van der Waals surface area contributed by atoms with Gasteiger partial charge in [-0.1, -0.05) is 6.07 Å². The summed E-state index contributed by atoms with van der Waals surface area (Å²) >= 11 is 0. The summed E-state index contributed by atoms with van der Waals surface area (Å²) in [6, 6.07) is 5.42. The highest BCUT2D eigenvalue weighted by Gasteiger charge is 2.31. The van der Waals surface area contributed by atoms with Gasteiger partial charge in [0.05, 0.1) is 0 Å². The number of rotatable bonds is 4. The second-order valence-electron chi connectivity index (χ2n) is 4.14. The molecule has 0 heterocycles. The molecule has 0 amide bonds. The topological polar surface area (TPSA) is 52.6 Å². The molecule has 0 N–H and O–H groups in total. The zero-order valence-electron chi connectivity index (χ0n) is 11.0. The average molecular weight is 354 g/mol. The number of hydrogen-bond acceptors (Lipinski definition) is 4. The minimum absolute atomic E-state index is 0.489. The second-order valence-corrected chi connectivity index (χ2v) is 5.68. The third-order valence-electron chi connectivity index (χ3n) is 2.42. The molecule has 0 radical (unpaired) electrons. The highest BCUT2D eigenvalue weighted by Crippen LogP contribution is 2.26. The quantitative estimate of drug-likeness (QED) is 0.622. The van der Waals surface area contributed by atoms with Crippen LogP contribution in [0, 0.1) is 11.6 Å². The van der Waals surface area contributed by atoms with E-state index in [9.17, 15) is 30.4 Å². The van der Waals surface area contributed by atoms with Gasteiger partial charge in [-0.15, -0.1) is 13.2 Å². The summed E-state index contributed by atoms with van der Waals surface area (Å²) in [5, 5.41) is 0. The molecule has 23 heavy (non-hydrogen) atoms. The van der Waals surface area contributed by atoms with Crippen molar-refractivity contribution in [1.29, 1.82) is 0 Å². The van der Waals surface area contributed by atoms with E-state index in [1.54, 1.807) is 0 Å². The minimum atomic E-state index is -5.00. The van der Waals surface area contributed by atoms with E-state index in [0.717, 1.165) is 24.3 Å². The Bertz CT molecular complexity index is 817. The van der Waals surface area contributed by atoms with Crippen molar-refractivity contribution in [2.45, 2.75) is 11.3 Å². The molecule has 124 valence electrons. The number of halogens is 5. The summed E-state index contributed by atoms with van der Waals surface area (Å²) in [5.41, 5.74) is 0. The van der Waals surface area contributed by atoms with Crippen molar-refractivity contribution in [1.82, 2.24) is 0 Å². The zero-order valence-corrected chi connectivity index (χ0v) is 11.8. The lowest BCUT2D eigenvalue weighted by Crippen LogP contribution is -2.17. The molecular weight excluding hydrogens is 347 g/mol. The van der Waals surface area contributed by atoms with E-state index < -0.39 is 44.5 Å². The van der Waals surface area contributed by atoms with Crippen LogP contribution in [0.5, 0.6) is 11.5 Å². The SMILES string of the molecule is O=S(=O)(Oc1ccc(F)c(F)c1)c1cccc(OC(F)(F)F)c1. The Morgan fingerprint density at radius 3 is 2.17 bits per heavy atom. The van der Waals surface area contributed by atoms with Gasteiger partial charge in [0.25, 0.3) is 0 Å². The van der Waals surface area contributed by atoms with Crippen LogP contribution in [-0.2, 0) is 10.1 Å². The van der Waals surface area contributed by atoms with Gasteiger partial charge in [0, 0.05) is 12.1 Å². The van der Waals surface area contributed by atoms with Gasteiger partial charge in [-0.25, -0.2) is 8.78 Å². The van der Waals surface area contributed by atoms with E-state index >= 15 is 0 Å². The van der Waals surface area contributed by atoms with Crippen LogP contribution >= 0.6 is 0 Å². The molecule has 2 aromatic rings. The first-order valence-corrected chi connectivity index (χ1v) is 7.23. The van der Waals surface area contributed by atoms with Crippen LogP contribution in [0.1, 0.15) is 0 Å². The summed E-state index contributed by atoms with van der Waals surface area (Å²) in [6.45, 7) is 0. The molecule has 0 fully saturated rings. The number of benzene rings is 2. The van der Waals surface area contributed by atoms with Crippen molar-refractivity contribution in [3.05, 3.63) is 54.1 Å². The molecule has 0 spiro atoms. The summed E-state index contributed by atoms with van der Waals surface area (Å²) in [7, 11) is -4.56. The van der Waals surface area contributed by atoms with Gasteiger partial charge in [-0.3, -0.25) is 0 Å². The lowest BCUT2D eigenvalue weighted by atomic mass is 10.3. The third kappa shape index (κ3) is 4.55. The fourth-order valence-electron chi connectivity index (χ4n) is 1.53. The standard InChI is InChI=1S/C13H7F5O4S/c14-11-5-4-9(7-12(11)15)22-23(19,20)10-3-1-2-8(6-10)21-13(16,17)18/h1-7H. The van der Waals surface area contributed by atoms with Crippen molar-refractivity contribution in [2.75, 3.05) is 0 Å².